The van der Waals surface area contributed by atoms with Crippen LogP contribution in [0.3, 0.4) is 0 Å². The van der Waals surface area contributed by atoms with Gasteiger partial charge in [-0.15, -0.1) is 0 Å². The first-order valence-electron chi connectivity index (χ1n) is 11.0. The summed E-state index contributed by atoms with van der Waals surface area (Å²) in [6, 6.07) is 9.28. The van der Waals surface area contributed by atoms with Crippen LogP contribution in [-0.2, 0) is 21.4 Å². The Morgan fingerprint density at radius 3 is 2.27 bits per heavy atom. The molecule has 176 valence electrons. The van der Waals surface area contributed by atoms with Crippen molar-refractivity contribution in [2.45, 2.75) is 49.6 Å². The fourth-order valence-corrected chi connectivity index (χ4v) is 5.79. The smallest absolute Gasteiger partial charge is 0.240 e. The molecule has 0 aromatic heterocycles. The van der Waals surface area contributed by atoms with Crippen molar-refractivity contribution in [2.75, 3.05) is 13.1 Å². The number of carbonyl (C=O) groups is 2. The summed E-state index contributed by atoms with van der Waals surface area (Å²) in [5.74, 6) is -0.702. The molecule has 3 N–H and O–H groups in total. The monoisotopic (exact) mass is 527 g/mol. The Morgan fingerprint density at radius 1 is 1.06 bits per heavy atom. The summed E-state index contributed by atoms with van der Waals surface area (Å²) in [6.45, 7) is 1.46. The Kier molecular flexibility index (Phi) is 7.47. The van der Waals surface area contributed by atoms with Crippen molar-refractivity contribution in [1.82, 2.24) is 10.2 Å². The lowest BCUT2D eigenvalue weighted by molar-refractivity contribution is -0.144. The van der Waals surface area contributed by atoms with E-state index in [1.165, 1.54) is 0 Å². The predicted octanol–water partition coefficient (Wildman–Crippen LogP) is 5.01. The van der Waals surface area contributed by atoms with E-state index < -0.39 is 17.4 Å². The summed E-state index contributed by atoms with van der Waals surface area (Å²) in [7, 11) is 0. The maximum Gasteiger partial charge on any atom is 0.240 e. The summed E-state index contributed by atoms with van der Waals surface area (Å²) in [4.78, 5) is 28.6. The first kappa shape index (κ1) is 24.6. The van der Waals surface area contributed by atoms with Gasteiger partial charge in [-0.1, -0.05) is 58.5 Å². The normalized spacial score (nSPS) is 20.2. The van der Waals surface area contributed by atoms with E-state index >= 15 is 0 Å². The van der Waals surface area contributed by atoms with Gasteiger partial charge in [0.1, 0.15) is 6.04 Å². The highest BCUT2D eigenvalue weighted by atomic mass is 35.5. The van der Waals surface area contributed by atoms with E-state index in [9.17, 15) is 9.59 Å². The van der Waals surface area contributed by atoms with Gasteiger partial charge >= 0.3 is 0 Å². The van der Waals surface area contributed by atoms with E-state index in [4.69, 9.17) is 52.1 Å². The third-order valence-electron chi connectivity index (χ3n) is 6.60. The van der Waals surface area contributed by atoms with Gasteiger partial charge in [-0.3, -0.25) is 9.59 Å². The zero-order valence-electron chi connectivity index (χ0n) is 17.9. The number of nitrogens with two attached hydrogens (primary N) is 1. The highest BCUT2D eigenvalue weighted by Crippen LogP contribution is 2.52. The number of piperidine rings is 1. The van der Waals surface area contributed by atoms with Crippen molar-refractivity contribution in [3.8, 4) is 0 Å². The fraction of sp³-hybridized carbons (Fsp3) is 0.417. The van der Waals surface area contributed by atoms with Gasteiger partial charge < -0.3 is 16.0 Å². The second kappa shape index (κ2) is 10.0. The second-order valence-corrected chi connectivity index (χ2v) is 10.5. The van der Waals surface area contributed by atoms with Gasteiger partial charge in [0.05, 0.1) is 5.41 Å². The molecule has 1 heterocycles. The highest BCUT2D eigenvalue weighted by molar-refractivity contribution is 6.35. The quantitative estimate of drug-likeness (QED) is 0.530. The van der Waals surface area contributed by atoms with Gasteiger partial charge in [0.2, 0.25) is 11.8 Å². The molecule has 0 bridgehead atoms. The third kappa shape index (κ3) is 5.13. The zero-order chi connectivity index (χ0) is 23.8. The molecule has 33 heavy (non-hydrogen) atoms. The molecule has 2 atom stereocenters. The van der Waals surface area contributed by atoms with Crippen LogP contribution in [0.15, 0.2) is 36.4 Å². The summed E-state index contributed by atoms with van der Waals surface area (Å²) < 4.78 is 0. The average molecular weight is 529 g/mol. The molecule has 2 aromatic rings. The number of benzene rings is 2. The number of nitrogens with one attached hydrogen (secondary N) is 1. The van der Waals surface area contributed by atoms with Crippen molar-refractivity contribution in [3.63, 3.8) is 0 Å². The Morgan fingerprint density at radius 2 is 1.73 bits per heavy atom. The van der Waals surface area contributed by atoms with Crippen LogP contribution < -0.4 is 11.1 Å². The molecule has 1 aliphatic heterocycles. The highest BCUT2D eigenvalue weighted by Gasteiger charge is 2.56. The van der Waals surface area contributed by atoms with Gasteiger partial charge in [-0.2, -0.15) is 0 Å². The lowest BCUT2D eigenvalue weighted by atomic mass is 9.90. The molecule has 2 aliphatic rings. The Balaban J connectivity index is 1.73. The van der Waals surface area contributed by atoms with Gasteiger partial charge in [-0.25, -0.2) is 0 Å². The lowest BCUT2D eigenvalue weighted by Crippen LogP contribution is -2.60. The summed E-state index contributed by atoms with van der Waals surface area (Å²) in [5.41, 5.74) is 6.56. The van der Waals surface area contributed by atoms with E-state index in [1.807, 2.05) is 6.07 Å². The number of halogens is 4. The molecule has 0 unspecified atom stereocenters. The van der Waals surface area contributed by atoms with Crippen LogP contribution in [0.4, 0.5) is 0 Å². The molecular weight excluding hydrogens is 504 g/mol. The Bertz CT molecular complexity index is 1070. The maximum absolute atomic E-state index is 14.2. The summed E-state index contributed by atoms with van der Waals surface area (Å²) in [5, 5.41) is 5.23. The van der Waals surface area contributed by atoms with Crippen LogP contribution >= 0.6 is 46.4 Å². The third-order valence-corrected chi connectivity index (χ3v) is 7.73. The molecule has 4 rings (SSSR count). The van der Waals surface area contributed by atoms with Crippen molar-refractivity contribution in [2.24, 2.45) is 5.73 Å². The molecule has 2 amide bonds. The molecule has 9 heteroatoms. The van der Waals surface area contributed by atoms with Crippen LogP contribution in [-0.4, -0.2) is 41.9 Å². The van der Waals surface area contributed by atoms with Crippen molar-refractivity contribution < 1.29 is 9.59 Å². The number of rotatable bonds is 7. The van der Waals surface area contributed by atoms with Gasteiger partial charge in [0.15, 0.2) is 0 Å². The minimum absolute atomic E-state index is 0.130. The van der Waals surface area contributed by atoms with Crippen LogP contribution in [0.5, 0.6) is 0 Å². The first-order chi connectivity index (χ1) is 15.7. The number of nitrogens with zero attached hydrogens (tertiary/aromatic N) is 1. The fourth-order valence-electron chi connectivity index (χ4n) is 4.71. The molecule has 2 fully saturated rings. The number of primary amides is 1. The van der Waals surface area contributed by atoms with Crippen LogP contribution in [0.1, 0.15) is 36.8 Å². The minimum atomic E-state index is -0.857. The van der Waals surface area contributed by atoms with Crippen LogP contribution in [0.2, 0.25) is 20.1 Å². The number of amides is 2. The number of hydrogen-bond donors (Lipinski definition) is 2. The van der Waals surface area contributed by atoms with Crippen LogP contribution in [0, 0.1) is 0 Å². The molecule has 0 radical (unpaired) electrons. The SMILES string of the molecule is NC(=O)[C@H](Cc1ccc(Cl)cc1Cl)N(C(=O)C1(c2ccc(Cl)cc2Cl)CC1)[C@@H]1CCCNC1. The molecule has 2 aromatic carbocycles. The van der Waals surface area contributed by atoms with E-state index in [2.05, 4.69) is 5.32 Å². The number of hydrogen-bond acceptors (Lipinski definition) is 3. The summed E-state index contributed by atoms with van der Waals surface area (Å²) in [6.07, 6.45) is 3.18. The van der Waals surface area contributed by atoms with Crippen molar-refractivity contribution >= 4 is 58.2 Å². The zero-order valence-corrected chi connectivity index (χ0v) is 20.9. The molecule has 0 spiro atoms. The molecule has 1 saturated carbocycles. The van der Waals surface area contributed by atoms with Crippen molar-refractivity contribution in [3.05, 3.63) is 67.6 Å². The Labute approximate surface area is 213 Å². The lowest BCUT2D eigenvalue weighted by Gasteiger charge is -2.41. The average Bonchev–Trinajstić information content (AvgIpc) is 3.57. The number of carbonyl (C=O) groups excluding carboxylic acids is 2. The first-order valence-corrected chi connectivity index (χ1v) is 12.5. The van der Waals surface area contributed by atoms with Gasteiger partial charge in [0, 0.05) is 39.1 Å². The van der Waals surface area contributed by atoms with Gasteiger partial charge in [0.25, 0.3) is 0 Å². The van der Waals surface area contributed by atoms with Crippen LogP contribution in [0.25, 0.3) is 0 Å². The largest absolute Gasteiger partial charge is 0.368 e. The van der Waals surface area contributed by atoms with E-state index in [1.54, 1.807) is 35.2 Å². The Hall–Kier alpha value is -1.50. The molecule has 5 nitrogen and oxygen atoms in total. The van der Waals surface area contributed by atoms with Gasteiger partial charge in [-0.05, 0) is 67.6 Å². The second-order valence-electron chi connectivity index (χ2n) is 8.78. The minimum Gasteiger partial charge on any atom is -0.368 e. The van der Waals surface area contributed by atoms with E-state index in [-0.39, 0.29) is 18.4 Å². The molecule has 1 saturated heterocycles. The molecule has 1 aliphatic carbocycles. The van der Waals surface area contributed by atoms with Crippen molar-refractivity contribution in [1.29, 1.82) is 0 Å². The predicted molar refractivity (Wildman–Crippen MR) is 133 cm³/mol. The standard InChI is InChI=1S/C24H25Cl4N3O2/c25-15-4-3-14(19(27)11-15)10-21(22(29)32)31(17-2-1-9-30-13-17)23(33)24(7-8-24)18-6-5-16(26)12-20(18)28/h3-6,11-12,17,21,30H,1-2,7-10,13H2,(H2,29,32)/t17-,21+/m1/s1. The topological polar surface area (TPSA) is 75.4 Å². The molecular formula is C24H25Cl4N3O2. The summed E-state index contributed by atoms with van der Waals surface area (Å²) >= 11 is 25.0. The van der Waals surface area contributed by atoms with E-state index in [0.29, 0.717) is 45.0 Å². The maximum atomic E-state index is 14.2. The van der Waals surface area contributed by atoms with E-state index in [0.717, 1.165) is 24.9 Å².